The maximum absolute atomic E-state index is 9.35. The first-order chi connectivity index (χ1) is 10.6. The van der Waals surface area contributed by atoms with Crippen LogP contribution in [0.4, 0.5) is 0 Å². The Balaban J connectivity index is 1.96. The minimum atomic E-state index is -0.256. The van der Waals surface area contributed by atoms with Crippen LogP contribution in [0.2, 0.25) is 5.02 Å². The Kier molecular flexibility index (Phi) is 5.68. The van der Waals surface area contributed by atoms with Crippen LogP contribution in [0, 0.1) is 18.3 Å². The van der Waals surface area contributed by atoms with Gasteiger partial charge in [-0.2, -0.15) is 5.26 Å². The van der Waals surface area contributed by atoms with Crippen molar-refractivity contribution < 1.29 is 9.47 Å². The predicted octanol–water partition coefficient (Wildman–Crippen LogP) is 4.73. The van der Waals surface area contributed by atoms with Crippen molar-refractivity contribution in [3.63, 3.8) is 0 Å². The fourth-order valence-corrected chi connectivity index (χ4v) is 2.40. The lowest BCUT2D eigenvalue weighted by Gasteiger charge is -2.12. The van der Waals surface area contributed by atoms with E-state index < -0.39 is 0 Å². The molecular formula is C18H18ClNO2. The molecule has 22 heavy (non-hydrogen) atoms. The van der Waals surface area contributed by atoms with Crippen molar-refractivity contribution in [1.82, 2.24) is 0 Å². The van der Waals surface area contributed by atoms with Crippen LogP contribution in [0.3, 0.4) is 0 Å². The van der Waals surface area contributed by atoms with Crippen LogP contribution in [-0.4, -0.2) is 13.7 Å². The average Bonchev–Trinajstić information content (AvgIpc) is 2.53. The lowest BCUT2D eigenvalue weighted by molar-refractivity contribution is 0.306. The fourth-order valence-electron chi connectivity index (χ4n) is 2.13. The molecule has 3 nitrogen and oxygen atoms in total. The summed E-state index contributed by atoms with van der Waals surface area (Å²) in [7, 11) is 1.57. The standard InChI is InChI=1S/C18H18ClNO2/c1-13-3-6-16(7-4-13)22-10-9-15(12-20)14-5-8-18(21-2)17(19)11-14/h3-8,11,15H,9-10H2,1-2H3. The molecule has 114 valence electrons. The van der Waals surface area contributed by atoms with Crippen molar-refractivity contribution in [3.8, 4) is 17.6 Å². The van der Waals surface area contributed by atoms with Crippen LogP contribution < -0.4 is 9.47 Å². The first-order valence-electron chi connectivity index (χ1n) is 7.06. The Labute approximate surface area is 136 Å². The summed E-state index contributed by atoms with van der Waals surface area (Å²) in [6.45, 7) is 2.51. The minimum Gasteiger partial charge on any atom is -0.495 e. The number of methoxy groups -OCH3 is 1. The SMILES string of the molecule is COc1ccc(C(C#N)CCOc2ccc(C)cc2)cc1Cl. The van der Waals surface area contributed by atoms with Gasteiger partial charge in [0.05, 0.1) is 30.7 Å². The predicted molar refractivity (Wildman–Crippen MR) is 87.6 cm³/mol. The number of ether oxygens (including phenoxy) is 2. The highest BCUT2D eigenvalue weighted by molar-refractivity contribution is 6.32. The van der Waals surface area contributed by atoms with Crippen LogP contribution in [0.1, 0.15) is 23.5 Å². The number of benzene rings is 2. The molecule has 0 bridgehead atoms. The molecule has 0 saturated heterocycles. The van der Waals surface area contributed by atoms with Gasteiger partial charge in [0.2, 0.25) is 0 Å². The largest absolute Gasteiger partial charge is 0.495 e. The first-order valence-corrected chi connectivity index (χ1v) is 7.44. The molecule has 1 unspecified atom stereocenters. The lowest BCUT2D eigenvalue weighted by atomic mass is 9.97. The van der Waals surface area contributed by atoms with Crippen LogP contribution in [0.25, 0.3) is 0 Å². The van der Waals surface area contributed by atoms with Crippen molar-refractivity contribution in [1.29, 1.82) is 5.26 Å². The Morgan fingerprint density at radius 2 is 1.91 bits per heavy atom. The monoisotopic (exact) mass is 315 g/mol. The van der Waals surface area contributed by atoms with Gasteiger partial charge in [-0.3, -0.25) is 0 Å². The summed E-state index contributed by atoms with van der Waals surface area (Å²) in [4.78, 5) is 0. The molecule has 0 saturated carbocycles. The zero-order chi connectivity index (χ0) is 15.9. The Morgan fingerprint density at radius 3 is 2.50 bits per heavy atom. The number of nitriles is 1. The molecule has 0 aliphatic carbocycles. The van der Waals surface area contributed by atoms with Crippen molar-refractivity contribution >= 4 is 11.6 Å². The molecule has 4 heteroatoms. The summed E-state index contributed by atoms with van der Waals surface area (Å²) in [6, 6.07) is 15.6. The molecule has 0 radical (unpaired) electrons. The van der Waals surface area contributed by atoms with Crippen molar-refractivity contribution in [2.75, 3.05) is 13.7 Å². The topological polar surface area (TPSA) is 42.2 Å². The van der Waals surface area contributed by atoms with E-state index in [1.165, 1.54) is 5.56 Å². The highest BCUT2D eigenvalue weighted by Gasteiger charge is 2.13. The Hall–Kier alpha value is -2.18. The van der Waals surface area contributed by atoms with Gasteiger partial charge >= 0.3 is 0 Å². The van der Waals surface area contributed by atoms with E-state index in [-0.39, 0.29) is 5.92 Å². The number of hydrogen-bond donors (Lipinski definition) is 0. The van der Waals surface area contributed by atoms with Gasteiger partial charge in [0.25, 0.3) is 0 Å². The second kappa shape index (κ2) is 7.72. The van der Waals surface area contributed by atoms with Gasteiger partial charge in [-0.1, -0.05) is 35.4 Å². The molecule has 0 aliphatic heterocycles. The van der Waals surface area contributed by atoms with Crippen LogP contribution in [0.5, 0.6) is 11.5 Å². The van der Waals surface area contributed by atoms with E-state index in [0.717, 1.165) is 11.3 Å². The number of halogens is 1. The Morgan fingerprint density at radius 1 is 1.18 bits per heavy atom. The van der Waals surface area contributed by atoms with Gasteiger partial charge in [0, 0.05) is 6.42 Å². The molecular weight excluding hydrogens is 298 g/mol. The van der Waals surface area contributed by atoms with E-state index in [4.69, 9.17) is 21.1 Å². The molecule has 2 aromatic carbocycles. The Bertz CT molecular complexity index is 662. The van der Waals surface area contributed by atoms with Crippen LogP contribution in [0.15, 0.2) is 42.5 Å². The summed E-state index contributed by atoms with van der Waals surface area (Å²) in [5.74, 6) is 1.17. The number of nitrogens with zero attached hydrogens (tertiary/aromatic N) is 1. The third-order valence-corrected chi connectivity index (χ3v) is 3.73. The lowest BCUT2D eigenvalue weighted by Crippen LogP contribution is -2.04. The van der Waals surface area contributed by atoms with E-state index in [1.54, 1.807) is 19.2 Å². The number of hydrogen-bond acceptors (Lipinski definition) is 3. The normalized spacial score (nSPS) is 11.5. The quantitative estimate of drug-likeness (QED) is 0.773. The van der Waals surface area contributed by atoms with E-state index in [9.17, 15) is 5.26 Å². The number of aryl methyl sites for hydroxylation is 1. The fraction of sp³-hybridized carbons (Fsp3) is 0.278. The molecule has 2 rings (SSSR count). The van der Waals surface area contributed by atoms with Crippen LogP contribution >= 0.6 is 11.6 Å². The second-order valence-corrected chi connectivity index (χ2v) is 5.43. The molecule has 0 fully saturated rings. The molecule has 0 heterocycles. The van der Waals surface area contributed by atoms with E-state index in [2.05, 4.69) is 6.07 Å². The van der Waals surface area contributed by atoms with Gasteiger partial charge in [-0.05, 0) is 36.8 Å². The van der Waals surface area contributed by atoms with Crippen molar-refractivity contribution in [3.05, 3.63) is 58.6 Å². The zero-order valence-corrected chi connectivity index (χ0v) is 13.4. The zero-order valence-electron chi connectivity index (χ0n) is 12.7. The summed E-state index contributed by atoms with van der Waals surface area (Å²) < 4.78 is 10.8. The van der Waals surface area contributed by atoms with Crippen molar-refractivity contribution in [2.45, 2.75) is 19.3 Å². The van der Waals surface area contributed by atoms with E-state index in [1.807, 2.05) is 37.3 Å². The highest BCUT2D eigenvalue weighted by atomic mass is 35.5. The molecule has 1 atom stereocenters. The summed E-state index contributed by atoms with van der Waals surface area (Å²) in [5, 5.41) is 9.86. The van der Waals surface area contributed by atoms with Gasteiger partial charge in [0.15, 0.2) is 0 Å². The maximum Gasteiger partial charge on any atom is 0.137 e. The summed E-state index contributed by atoms with van der Waals surface area (Å²) >= 11 is 6.11. The number of rotatable bonds is 6. The summed E-state index contributed by atoms with van der Waals surface area (Å²) in [6.07, 6.45) is 0.604. The van der Waals surface area contributed by atoms with Gasteiger partial charge in [-0.15, -0.1) is 0 Å². The van der Waals surface area contributed by atoms with Gasteiger partial charge in [0.1, 0.15) is 11.5 Å². The smallest absolute Gasteiger partial charge is 0.137 e. The third-order valence-electron chi connectivity index (χ3n) is 3.43. The molecule has 0 N–H and O–H groups in total. The average molecular weight is 316 g/mol. The molecule has 0 aromatic heterocycles. The molecule has 0 amide bonds. The minimum absolute atomic E-state index is 0.256. The molecule has 0 aliphatic rings. The van der Waals surface area contributed by atoms with E-state index >= 15 is 0 Å². The summed E-state index contributed by atoms with van der Waals surface area (Å²) in [5.41, 5.74) is 2.07. The third kappa shape index (κ3) is 4.16. The molecule has 0 spiro atoms. The van der Waals surface area contributed by atoms with E-state index in [0.29, 0.717) is 23.8 Å². The van der Waals surface area contributed by atoms with Gasteiger partial charge in [-0.25, -0.2) is 0 Å². The van der Waals surface area contributed by atoms with Gasteiger partial charge < -0.3 is 9.47 Å². The van der Waals surface area contributed by atoms with Crippen LogP contribution in [-0.2, 0) is 0 Å². The first kappa shape index (κ1) is 16.2. The second-order valence-electron chi connectivity index (χ2n) is 5.03. The van der Waals surface area contributed by atoms with Crippen molar-refractivity contribution in [2.24, 2.45) is 0 Å². The highest BCUT2D eigenvalue weighted by Crippen LogP contribution is 2.29. The maximum atomic E-state index is 9.35. The molecule has 2 aromatic rings.